The molecule has 3 N–H and O–H groups in total. The van der Waals surface area contributed by atoms with Gasteiger partial charge in [0, 0.05) is 18.1 Å². The van der Waals surface area contributed by atoms with Crippen LogP contribution in [0, 0.1) is 12.8 Å². The molecular weight excluding hydrogens is 402 g/mol. The lowest BCUT2D eigenvalue weighted by atomic mass is 10.0. The number of aryl methyl sites for hydroxylation is 1. The summed E-state index contributed by atoms with van der Waals surface area (Å²) in [6.45, 7) is 5.84. The van der Waals surface area contributed by atoms with Crippen LogP contribution in [-0.4, -0.2) is 57.3 Å². The van der Waals surface area contributed by atoms with Crippen LogP contribution in [0.3, 0.4) is 0 Å². The van der Waals surface area contributed by atoms with E-state index in [1.807, 2.05) is 20.8 Å². The largest absolute Gasteiger partial charge is 0.394 e. The molecule has 2 aromatic heterocycles. The summed E-state index contributed by atoms with van der Waals surface area (Å²) in [5.74, 6) is 0.927. The molecule has 0 radical (unpaired) electrons. The Balaban J connectivity index is 2.22. The van der Waals surface area contributed by atoms with Gasteiger partial charge < -0.3 is 10.4 Å². The Morgan fingerprint density at radius 3 is 2.43 bits per heavy atom. The van der Waals surface area contributed by atoms with Crippen molar-refractivity contribution in [1.82, 2.24) is 24.9 Å². The van der Waals surface area contributed by atoms with E-state index in [1.54, 1.807) is 12.4 Å². The molecule has 12 heteroatoms. The van der Waals surface area contributed by atoms with E-state index in [-0.39, 0.29) is 24.5 Å². The highest BCUT2D eigenvalue weighted by Gasteiger charge is 2.15. The molecule has 0 bridgehead atoms. The number of aliphatic hydroxyl groups is 1. The standard InChI is InChI=1S/C16H25N7O3S2/c1-10(2)5-12(8-24)19-14-20-15(23-28(4,25)26)22-16(21-14)27-9-13-7-17-11(3)6-18-13/h6-7,10,12,24H,5,8-9H2,1-4H3,(H2,19,20,21,22,23)/t12-/m1/s1. The number of hydrogen-bond donors (Lipinski definition) is 3. The molecule has 10 nitrogen and oxygen atoms in total. The second-order valence-corrected chi connectivity index (χ2v) is 9.42. The van der Waals surface area contributed by atoms with Crippen molar-refractivity contribution in [2.75, 3.05) is 22.9 Å². The van der Waals surface area contributed by atoms with Crippen molar-refractivity contribution in [3.63, 3.8) is 0 Å². The Morgan fingerprint density at radius 2 is 1.86 bits per heavy atom. The predicted molar refractivity (Wildman–Crippen MR) is 109 cm³/mol. The zero-order valence-corrected chi connectivity index (χ0v) is 17.9. The molecule has 1 atom stereocenters. The van der Waals surface area contributed by atoms with Crippen molar-refractivity contribution >= 4 is 33.7 Å². The maximum atomic E-state index is 11.6. The van der Waals surface area contributed by atoms with Crippen molar-refractivity contribution in [2.24, 2.45) is 5.92 Å². The van der Waals surface area contributed by atoms with Gasteiger partial charge in [0.05, 0.1) is 30.3 Å². The fourth-order valence-corrected chi connectivity index (χ4v) is 3.41. The second-order valence-electron chi connectivity index (χ2n) is 6.73. The molecule has 0 aliphatic carbocycles. The fourth-order valence-electron chi connectivity index (χ4n) is 2.26. The monoisotopic (exact) mass is 427 g/mol. The number of anilines is 2. The summed E-state index contributed by atoms with van der Waals surface area (Å²) < 4.78 is 25.4. The molecule has 0 aliphatic rings. The summed E-state index contributed by atoms with van der Waals surface area (Å²) in [6.07, 6.45) is 5.07. The van der Waals surface area contributed by atoms with Gasteiger partial charge in [-0.2, -0.15) is 15.0 Å². The van der Waals surface area contributed by atoms with E-state index < -0.39 is 10.0 Å². The summed E-state index contributed by atoms with van der Waals surface area (Å²) in [5, 5.41) is 12.9. The Hall–Kier alpha value is -2.05. The van der Waals surface area contributed by atoms with Crippen molar-refractivity contribution in [1.29, 1.82) is 0 Å². The average molecular weight is 428 g/mol. The predicted octanol–water partition coefficient (Wildman–Crippen LogP) is 1.45. The van der Waals surface area contributed by atoms with Gasteiger partial charge in [0.15, 0.2) is 5.16 Å². The van der Waals surface area contributed by atoms with E-state index in [1.165, 1.54) is 11.8 Å². The summed E-state index contributed by atoms with van der Waals surface area (Å²) in [7, 11) is -3.55. The van der Waals surface area contributed by atoms with Crippen LogP contribution in [0.5, 0.6) is 0 Å². The topological polar surface area (TPSA) is 143 Å². The molecule has 0 saturated heterocycles. The third-order valence-electron chi connectivity index (χ3n) is 3.38. The highest BCUT2D eigenvalue weighted by atomic mass is 32.2. The smallest absolute Gasteiger partial charge is 0.242 e. The number of rotatable bonds is 10. The Labute approximate surface area is 169 Å². The van der Waals surface area contributed by atoms with Gasteiger partial charge in [-0.05, 0) is 19.3 Å². The lowest BCUT2D eigenvalue weighted by molar-refractivity contribution is 0.259. The molecule has 0 aliphatic heterocycles. The minimum absolute atomic E-state index is 0.0845. The summed E-state index contributed by atoms with van der Waals surface area (Å²) in [6, 6.07) is -0.255. The Bertz CT molecular complexity index is 876. The molecule has 0 aromatic carbocycles. The van der Waals surface area contributed by atoms with Crippen LogP contribution in [0.1, 0.15) is 31.7 Å². The van der Waals surface area contributed by atoms with Crippen LogP contribution in [0.25, 0.3) is 0 Å². The van der Waals surface area contributed by atoms with Crippen LogP contribution >= 0.6 is 11.8 Å². The number of hydrogen-bond acceptors (Lipinski definition) is 10. The number of aromatic nitrogens is 5. The first kappa shape index (κ1) is 22.2. The minimum atomic E-state index is -3.55. The molecule has 0 saturated carbocycles. The van der Waals surface area contributed by atoms with Gasteiger partial charge in [-0.1, -0.05) is 25.6 Å². The third kappa shape index (κ3) is 7.90. The van der Waals surface area contributed by atoms with Gasteiger partial charge in [-0.15, -0.1) is 0 Å². The minimum Gasteiger partial charge on any atom is -0.394 e. The van der Waals surface area contributed by atoms with Gasteiger partial charge in [0.2, 0.25) is 21.9 Å². The molecule has 0 fully saturated rings. The van der Waals surface area contributed by atoms with Gasteiger partial charge in [0.1, 0.15) is 0 Å². The Morgan fingerprint density at radius 1 is 1.14 bits per heavy atom. The van der Waals surface area contributed by atoms with E-state index in [2.05, 4.69) is 35.0 Å². The normalized spacial score (nSPS) is 12.8. The Kier molecular flexibility index (Phi) is 7.89. The van der Waals surface area contributed by atoms with Gasteiger partial charge in [-0.25, -0.2) is 8.42 Å². The molecular formula is C16H25N7O3S2. The van der Waals surface area contributed by atoms with Gasteiger partial charge in [-0.3, -0.25) is 14.7 Å². The van der Waals surface area contributed by atoms with E-state index in [4.69, 9.17) is 0 Å². The van der Waals surface area contributed by atoms with Crippen LogP contribution in [-0.2, 0) is 15.8 Å². The van der Waals surface area contributed by atoms with E-state index in [0.29, 0.717) is 23.2 Å². The van der Waals surface area contributed by atoms with E-state index >= 15 is 0 Å². The summed E-state index contributed by atoms with van der Waals surface area (Å²) in [5.41, 5.74) is 1.57. The molecule has 0 spiro atoms. The lowest BCUT2D eigenvalue weighted by Crippen LogP contribution is -2.27. The number of thioether (sulfide) groups is 1. The van der Waals surface area contributed by atoms with Crippen LogP contribution in [0.2, 0.25) is 0 Å². The van der Waals surface area contributed by atoms with Crippen LogP contribution in [0.4, 0.5) is 11.9 Å². The van der Waals surface area contributed by atoms with Crippen molar-refractivity contribution in [2.45, 2.75) is 44.1 Å². The molecule has 28 heavy (non-hydrogen) atoms. The van der Waals surface area contributed by atoms with E-state index in [9.17, 15) is 13.5 Å². The second kappa shape index (κ2) is 9.94. The van der Waals surface area contributed by atoms with Gasteiger partial charge >= 0.3 is 0 Å². The number of sulfonamides is 1. The highest BCUT2D eigenvalue weighted by molar-refractivity contribution is 7.98. The van der Waals surface area contributed by atoms with Crippen LogP contribution in [0.15, 0.2) is 17.6 Å². The first-order valence-corrected chi connectivity index (χ1v) is 11.5. The zero-order valence-electron chi connectivity index (χ0n) is 16.2. The maximum Gasteiger partial charge on any atom is 0.242 e. The third-order valence-corrected chi connectivity index (χ3v) is 4.82. The van der Waals surface area contributed by atoms with Crippen LogP contribution < -0.4 is 10.0 Å². The molecule has 2 heterocycles. The molecule has 0 unspecified atom stereocenters. The molecule has 154 valence electrons. The van der Waals surface area contributed by atoms with Crippen molar-refractivity contribution in [3.8, 4) is 0 Å². The number of nitrogens with one attached hydrogen (secondary N) is 2. The zero-order chi connectivity index (χ0) is 20.7. The number of aliphatic hydroxyl groups excluding tert-OH is 1. The fraction of sp³-hybridized carbons (Fsp3) is 0.562. The highest BCUT2D eigenvalue weighted by Crippen LogP contribution is 2.21. The first-order valence-electron chi connectivity index (χ1n) is 8.66. The van der Waals surface area contributed by atoms with Crippen molar-refractivity contribution < 1.29 is 13.5 Å². The quantitative estimate of drug-likeness (QED) is 0.477. The first-order chi connectivity index (χ1) is 13.1. The number of nitrogens with zero attached hydrogens (tertiary/aromatic N) is 5. The average Bonchev–Trinajstić information content (AvgIpc) is 2.58. The maximum absolute atomic E-state index is 11.6. The molecule has 2 rings (SSSR count). The molecule has 2 aromatic rings. The summed E-state index contributed by atoms with van der Waals surface area (Å²) in [4.78, 5) is 21.0. The SMILES string of the molecule is Cc1cnc(CSc2nc(N[C@@H](CO)CC(C)C)nc(NS(C)(=O)=O)n2)cn1. The van der Waals surface area contributed by atoms with Crippen molar-refractivity contribution in [3.05, 3.63) is 23.8 Å². The summed E-state index contributed by atoms with van der Waals surface area (Å²) >= 11 is 1.28. The molecule has 0 amide bonds. The lowest BCUT2D eigenvalue weighted by Gasteiger charge is -2.18. The van der Waals surface area contributed by atoms with E-state index in [0.717, 1.165) is 17.6 Å². The van der Waals surface area contributed by atoms with Gasteiger partial charge in [0.25, 0.3) is 0 Å².